The molecule has 0 fully saturated rings. The van der Waals surface area contributed by atoms with Crippen LogP contribution in [0.1, 0.15) is 40.9 Å². The van der Waals surface area contributed by atoms with Gasteiger partial charge in [0, 0.05) is 11.1 Å². The first kappa shape index (κ1) is 16.8. The maximum Gasteiger partial charge on any atom is 0.211 e. The van der Waals surface area contributed by atoms with Gasteiger partial charge in [0.05, 0.1) is 6.04 Å². The van der Waals surface area contributed by atoms with Gasteiger partial charge in [0.2, 0.25) is 5.78 Å². The van der Waals surface area contributed by atoms with Gasteiger partial charge in [-0.25, -0.2) is 0 Å². The van der Waals surface area contributed by atoms with Gasteiger partial charge in [-0.3, -0.25) is 9.79 Å². The van der Waals surface area contributed by atoms with Crippen molar-refractivity contribution >= 4 is 11.5 Å². The van der Waals surface area contributed by atoms with E-state index < -0.39 is 0 Å². The van der Waals surface area contributed by atoms with Crippen molar-refractivity contribution in [1.29, 1.82) is 0 Å². The first-order chi connectivity index (χ1) is 12.3. The number of hydrogen-bond donors (Lipinski definition) is 0. The highest BCUT2D eigenvalue weighted by Crippen LogP contribution is 2.23. The lowest BCUT2D eigenvalue weighted by atomic mass is 9.99. The van der Waals surface area contributed by atoms with E-state index in [4.69, 9.17) is 4.99 Å². The smallest absolute Gasteiger partial charge is 0.211 e. The first-order valence-corrected chi connectivity index (χ1v) is 8.57. The number of rotatable bonds is 6. The molecule has 0 aliphatic heterocycles. The molecule has 0 bridgehead atoms. The molecule has 0 radical (unpaired) electrons. The van der Waals surface area contributed by atoms with Crippen LogP contribution in [0, 0.1) is 0 Å². The van der Waals surface area contributed by atoms with Gasteiger partial charge >= 0.3 is 0 Å². The van der Waals surface area contributed by atoms with Crippen molar-refractivity contribution in [1.82, 2.24) is 0 Å². The van der Waals surface area contributed by atoms with Crippen molar-refractivity contribution in [3.8, 4) is 0 Å². The fourth-order valence-electron chi connectivity index (χ4n) is 2.82. The summed E-state index contributed by atoms with van der Waals surface area (Å²) in [4.78, 5) is 18.0. The van der Waals surface area contributed by atoms with E-state index in [1.807, 2.05) is 78.9 Å². The Morgan fingerprint density at radius 2 is 1.24 bits per heavy atom. The molecule has 3 rings (SSSR count). The lowest BCUT2D eigenvalue weighted by molar-refractivity contribution is 0.106. The second-order valence-electron chi connectivity index (χ2n) is 5.87. The fraction of sp³-hybridized carbons (Fsp3) is 0.130. The number of carbonyl (C=O) groups is 1. The average Bonchev–Trinajstić information content (AvgIpc) is 2.70. The van der Waals surface area contributed by atoms with Gasteiger partial charge < -0.3 is 0 Å². The molecule has 0 N–H and O–H groups in total. The lowest BCUT2D eigenvalue weighted by Crippen LogP contribution is -2.17. The molecule has 2 nitrogen and oxygen atoms in total. The molecule has 0 aliphatic carbocycles. The normalized spacial score (nSPS) is 12.6. The van der Waals surface area contributed by atoms with Crippen molar-refractivity contribution in [2.24, 2.45) is 4.99 Å². The quantitative estimate of drug-likeness (QED) is 0.433. The van der Waals surface area contributed by atoms with E-state index >= 15 is 0 Å². The summed E-state index contributed by atoms with van der Waals surface area (Å²) in [6, 6.07) is 29.1. The Hall–Kier alpha value is -3.00. The second-order valence-corrected chi connectivity index (χ2v) is 5.87. The van der Waals surface area contributed by atoms with Crippen LogP contribution < -0.4 is 0 Å². The van der Waals surface area contributed by atoms with Gasteiger partial charge in [0.25, 0.3) is 0 Å². The molecule has 1 atom stereocenters. The minimum absolute atomic E-state index is 0.0379. The van der Waals surface area contributed by atoms with Gasteiger partial charge in [-0.2, -0.15) is 0 Å². The van der Waals surface area contributed by atoms with Crippen LogP contribution in [0.3, 0.4) is 0 Å². The molecule has 0 spiro atoms. The van der Waals surface area contributed by atoms with Crippen LogP contribution in [0.4, 0.5) is 0 Å². The topological polar surface area (TPSA) is 29.4 Å². The van der Waals surface area contributed by atoms with Crippen LogP contribution in [0.25, 0.3) is 0 Å². The van der Waals surface area contributed by atoms with Crippen molar-refractivity contribution in [2.45, 2.75) is 19.4 Å². The van der Waals surface area contributed by atoms with Crippen LogP contribution in [-0.2, 0) is 0 Å². The highest BCUT2D eigenvalue weighted by molar-refractivity contribution is 6.51. The second kappa shape index (κ2) is 8.20. The van der Waals surface area contributed by atoms with Crippen molar-refractivity contribution in [3.63, 3.8) is 0 Å². The highest BCUT2D eigenvalue weighted by Gasteiger charge is 2.18. The highest BCUT2D eigenvalue weighted by atomic mass is 16.1. The number of Topliss-reactive ketones (excluding diaryl/α,β-unsaturated/α-hetero) is 1. The maximum absolute atomic E-state index is 13.1. The Balaban J connectivity index is 2.06. The van der Waals surface area contributed by atoms with Gasteiger partial charge in [0.1, 0.15) is 5.71 Å². The molecule has 124 valence electrons. The molecule has 3 aromatic carbocycles. The molecular formula is C23H21NO. The van der Waals surface area contributed by atoms with Gasteiger partial charge in [-0.1, -0.05) is 97.9 Å². The predicted octanol–water partition coefficient (Wildman–Crippen LogP) is 5.51. The summed E-state index contributed by atoms with van der Waals surface area (Å²) >= 11 is 0. The molecule has 0 aromatic heterocycles. The zero-order valence-electron chi connectivity index (χ0n) is 14.3. The molecule has 1 unspecified atom stereocenters. The third-order valence-electron chi connectivity index (χ3n) is 4.15. The number of aliphatic imine (C=N–C) groups is 1. The minimum atomic E-state index is -0.0406. The molecule has 25 heavy (non-hydrogen) atoms. The zero-order valence-corrected chi connectivity index (χ0v) is 14.3. The summed E-state index contributed by atoms with van der Waals surface area (Å²) in [5.74, 6) is -0.0406. The van der Waals surface area contributed by atoms with Crippen LogP contribution in [0.2, 0.25) is 0 Å². The summed E-state index contributed by atoms with van der Waals surface area (Å²) in [7, 11) is 0. The molecule has 0 heterocycles. The number of benzene rings is 3. The summed E-state index contributed by atoms with van der Waals surface area (Å²) in [6.45, 7) is 2.09. The summed E-state index contributed by atoms with van der Waals surface area (Å²) < 4.78 is 0. The minimum Gasteiger partial charge on any atom is -0.287 e. The van der Waals surface area contributed by atoms with Crippen LogP contribution in [0.15, 0.2) is 96.0 Å². The average molecular weight is 327 g/mol. The number of ketones is 1. The van der Waals surface area contributed by atoms with Gasteiger partial charge in [0.15, 0.2) is 0 Å². The van der Waals surface area contributed by atoms with Crippen molar-refractivity contribution in [3.05, 3.63) is 108 Å². The third-order valence-corrected chi connectivity index (χ3v) is 4.15. The number of hydrogen-bond acceptors (Lipinski definition) is 2. The monoisotopic (exact) mass is 327 g/mol. The van der Waals surface area contributed by atoms with E-state index in [0.717, 1.165) is 17.5 Å². The van der Waals surface area contributed by atoms with E-state index in [-0.39, 0.29) is 11.8 Å². The Labute approximate surface area is 148 Å². The fourth-order valence-corrected chi connectivity index (χ4v) is 2.82. The maximum atomic E-state index is 13.1. The van der Waals surface area contributed by atoms with Crippen LogP contribution in [0.5, 0.6) is 0 Å². The summed E-state index contributed by atoms with van der Waals surface area (Å²) in [5.41, 5.74) is 3.15. The summed E-state index contributed by atoms with van der Waals surface area (Å²) in [5, 5.41) is 0. The third kappa shape index (κ3) is 4.10. The van der Waals surface area contributed by atoms with E-state index in [0.29, 0.717) is 11.3 Å². The standard InChI is InChI=1S/C23H21NO/c1-2-21(18-12-6-3-7-13-18)24-22(19-14-8-4-9-15-19)23(25)20-16-10-5-11-17-20/h3-17,21H,2H2,1H3. The van der Waals surface area contributed by atoms with E-state index in [9.17, 15) is 4.79 Å². The molecule has 0 saturated carbocycles. The van der Waals surface area contributed by atoms with Gasteiger partial charge in [-0.05, 0) is 12.0 Å². The predicted molar refractivity (Wildman–Crippen MR) is 103 cm³/mol. The van der Waals surface area contributed by atoms with E-state index in [1.165, 1.54) is 0 Å². The molecule has 2 heteroatoms. The largest absolute Gasteiger partial charge is 0.287 e. The Kier molecular flexibility index (Phi) is 5.53. The molecule has 3 aromatic rings. The summed E-state index contributed by atoms with van der Waals surface area (Å²) in [6.07, 6.45) is 0.836. The SMILES string of the molecule is CCC(N=C(C(=O)c1ccccc1)c1ccccc1)c1ccccc1. The number of nitrogens with zero attached hydrogens (tertiary/aromatic N) is 1. The van der Waals surface area contributed by atoms with Crippen LogP contribution >= 0.6 is 0 Å². The zero-order chi connectivity index (χ0) is 17.5. The Bertz CT molecular complexity index is 839. The van der Waals surface area contributed by atoms with Crippen molar-refractivity contribution < 1.29 is 4.79 Å². The van der Waals surface area contributed by atoms with Gasteiger partial charge in [-0.15, -0.1) is 0 Å². The Morgan fingerprint density at radius 3 is 1.76 bits per heavy atom. The van der Waals surface area contributed by atoms with Crippen molar-refractivity contribution in [2.75, 3.05) is 0 Å². The van der Waals surface area contributed by atoms with E-state index in [2.05, 4.69) is 19.1 Å². The number of carbonyl (C=O) groups excluding carboxylic acids is 1. The first-order valence-electron chi connectivity index (χ1n) is 8.57. The molecule has 0 aliphatic rings. The van der Waals surface area contributed by atoms with Crippen LogP contribution in [-0.4, -0.2) is 11.5 Å². The molecule has 0 saturated heterocycles. The molecular weight excluding hydrogens is 306 g/mol. The van der Waals surface area contributed by atoms with E-state index in [1.54, 1.807) is 0 Å². The Morgan fingerprint density at radius 1 is 0.760 bits per heavy atom. The molecule has 0 amide bonds. The lowest BCUT2D eigenvalue weighted by Gasteiger charge is -2.14.